The number of aromatic nitrogens is 3. The Bertz CT molecular complexity index is 1090. The first-order valence-corrected chi connectivity index (χ1v) is 8.67. The van der Waals surface area contributed by atoms with E-state index in [4.69, 9.17) is 11.6 Å². The minimum Gasteiger partial charge on any atom is -0.331 e. The van der Waals surface area contributed by atoms with Crippen molar-refractivity contribution in [2.45, 2.75) is 33.0 Å². The summed E-state index contributed by atoms with van der Waals surface area (Å²) in [6.07, 6.45) is -2.77. The van der Waals surface area contributed by atoms with E-state index in [0.717, 1.165) is 11.6 Å². The molecule has 0 bridgehead atoms. The number of rotatable bonds is 2. The summed E-state index contributed by atoms with van der Waals surface area (Å²) in [5.74, 6) is 0.707. The van der Waals surface area contributed by atoms with Gasteiger partial charge in [0.25, 0.3) is 0 Å². The van der Waals surface area contributed by atoms with Crippen LogP contribution in [0, 0.1) is 13.8 Å². The summed E-state index contributed by atoms with van der Waals surface area (Å²) in [6, 6.07) is 5.29. The fourth-order valence-electron chi connectivity index (χ4n) is 3.10. The first-order chi connectivity index (χ1) is 12.6. The molecule has 4 nitrogen and oxygen atoms in total. The molecule has 0 aliphatic rings. The van der Waals surface area contributed by atoms with E-state index in [0.29, 0.717) is 27.4 Å². The van der Waals surface area contributed by atoms with Crippen molar-refractivity contribution in [1.29, 1.82) is 0 Å². The molecule has 1 atom stereocenters. The zero-order valence-corrected chi connectivity index (χ0v) is 16.0. The Morgan fingerprint density at radius 3 is 2.59 bits per heavy atom. The smallest absolute Gasteiger partial charge is 0.331 e. The number of benzene rings is 1. The molecule has 27 heavy (non-hydrogen) atoms. The van der Waals surface area contributed by atoms with Crippen molar-refractivity contribution in [3.8, 4) is 0 Å². The van der Waals surface area contributed by atoms with Crippen LogP contribution < -0.4 is 5.49 Å². The molecule has 142 valence electrons. The number of aryl methyl sites for hydroxylation is 2. The number of alkyl halides is 3. The quantitative estimate of drug-likeness (QED) is 0.579. The lowest BCUT2D eigenvalue weighted by atomic mass is 9.97. The zero-order valence-electron chi connectivity index (χ0n) is 15.3. The highest BCUT2D eigenvalue weighted by atomic mass is 35.5. The summed E-state index contributed by atoms with van der Waals surface area (Å²) in [5, 5.41) is 0.993. The maximum atomic E-state index is 13.2. The lowest BCUT2D eigenvalue weighted by Gasteiger charge is -2.16. The molecule has 0 aliphatic carbocycles. The van der Waals surface area contributed by atoms with E-state index in [1.807, 2.05) is 18.5 Å². The summed E-state index contributed by atoms with van der Waals surface area (Å²) in [6.45, 7) is 5.04. The average molecular weight is 395 g/mol. The van der Waals surface area contributed by atoms with Gasteiger partial charge in [0.05, 0.1) is 23.3 Å². The van der Waals surface area contributed by atoms with Crippen LogP contribution >= 0.6 is 11.6 Å². The molecule has 0 saturated carbocycles. The van der Waals surface area contributed by atoms with Gasteiger partial charge in [-0.05, 0) is 44.0 Å². The van der Waals surface area contributed by atoms with Crippen LogP contribution in [0.1, 0.15) is 35.5 Å². The number of halogens is 4. The van der Waals surface area contributed by atoms with Gasteiger partial charge >= 0.3 is 6.18 Å². The molecule has 0 radical (unpaired) electrons. The van der Waals surface area contributed by atoms with Gasteiger partial charge in [-0.2, -0.15) is 13.2 Å². The molecular weight excluding hydrogens is 377 g/mol. The first kappa shape index (κ1) is 19.4. The van der Waals surface area contributed by atoms with Crippen LogP contribution in [0.5, 0.6) is 0 Å². The van der Waals surface area contributed by atoms with E-state index < -0.39 is 17.8 Å². The Morgan fingerprint density at radius 1 is 1.22 bits per heavy atom. The lowest BCUT2D eigenvalue weighted by Crippen LogP contribution is -2.18. The normalized spacial score (nSPS) is 14.0. The van der Waals surface area contributed by atoms with Crippen molar-refractivity contribution in [1.82, 2.24) is 14.5 Å². The first-order valence-electron chi connectivity index (χ1n) is 8.29. The van der Waals surface area contributed by atoms with Gasteiger partial charge in [0.15, 0.2) is 5.49 Å². The van der Waals surface area contributed by atoms with E-state index in [2.05, 4.69) is 15.0 Å². The van der Waals surface area contributed by atoms with E-state index >= 15 is 0 Å². The van der Waals surface area contributed by atoms with E-state index in [9.17, 15) is 13.2 Å². The van der Waals surface area contributed by atoms with Crippen LogP contribution in [0.15, 0.2) is 35.5 Å². The highest BCUT2D eigenvalue weighted by Crippen LogP contribution is 2.35. The summed E-state index contributed by atoms with van der Waals surface area (Å²) >= 11 is 6.02. The highest BCUT2D eigenvalue weighted by molar-refractivity contribution is 6.30. The molecule has 0 fully saturated rings. The largest absolute Gasteiger partial charge is 0.416 e. The van der Waals surface area contributed by atoms with Gasteiger partial charge in [0.2, 0.25) is 0 Å². The molecular formula is C19H18ClF3N4. The van der Waals surface area contributed by atoms with E-state index in [1.165, 1.54) is 13.0 Å². The summed E-state index contributed by atoms with van der Waals surface area (Å²) in [7, 11) is 1.85. The summed E-state index contributed by atoms with van der Waals surface area (Å²) in [5.41, 5.74) is 1.24. The second-order valence-corrected chi connectivity index (χ2v) is 6.78. The van der Waals surface area contributed by atoms with E-state index in [1.54, 1.807) is 25.3 Å². The third-order valence-corrected chi connectivity index (χ3v) is 4.86. The third-order valence-electron chi connectivity index (χ3n) is 4.65. The average Bonchev–Trinajstić information content (AvgIpc) is 2.58. The SMILES string of the molecule is Cc1c(C(C)N=c2nc(C)n(C)c3cnc(Cl)cc23)cccc1C(F)(F)F. The standard InChI is InChI=1S/C19H18ClF3N4/c1-10-13(6-5-7-15(10)19(21,22)23)11(2)25-18-14-8-17(20)24-9-16(14)27(4)12(3)26-18/h5-9,11H,1-4H3. The number of hydrogen-bond donors (Lipinski definition) is 0. The number of hydrogen-bond acceptors (Lipinski definition) is 3. The van der Waals surface area contributed by atoms with Gasteiger partial charge in [-0.3, -0.25) is 4.99 Å². The van der Waals surface area contributed by atoms with Gasteiger partial charge in [0.1, 0.15) is 11.0 Å². The second kappa shape index (κ2) is 6.96. The maximum Gasteiger partial charge on any atom is 0.416 e. The van der Waals surface area contributed by atoms with Crippen molar-refractivity contribution in [2.24, 2.45) is 12.0 Å². The molecule has 0 amide bonds. The van der Waals surface area contributed by atoms with Crippen molar-refractivity contribution in [3.05, 3.63) is 63.6 Å². The van der Waals surface area contributed by atoms with Gasteiger partial charge in [-0.15, -0.1) is 0 Å². The topological polar surface area (TPSA) is 43.1 Å². The maximum absolute atomic E-state index is 13.2. The summed E-state index contributed by atoms with van der Waals surface area (Å²) in [4.78, 5) is 13.2. The monoisotopic (exact) mass is 394 g/mol. The molecule has 2 aromatic heterocycles. The van der Waals surface area contributed by atoms with Crippen molar-refractivity contribution in [2.75, 3.05) is 0 Å². The zero-order chi connectivity index (χ0) is 19.9. The third kappa shape index (κ3) is 3.69. The molecule has 1 unspecified atom stereocenters. The minimum absolute atomic E-state index is 0.170. The molecule has 1 aromatic carbocycles. The van der Waals surface area contributed by atoms with Gasteiger partial charge in [-0.1, -0.05) is 23.7 Å². The molecule has 3 rings (SSSR count). The molecule has 0 N–H and O–H groups in total. The molecule has 8 heteroatoms. The second-order valence-electron chi connectivity index (χ2n) is 6.39. The Kier molecular flexibility index (Phi) is 4.99. The Morgan fingerprint density at radius 2 is 1.93 bits per heavy atom. The van der Waals surface area contributed by atoms with E-state index in [-0.39, 0.29) is 5.56 Å². The van der Waals surface area contributed by atoms with Crippen molar-refractivity contribution >= 4 is 22.5 Å². The number of fused-ring (bicyclic) bond motifs is 1. The molecule has 2 heterocycles. The van der Waals surface area contributed by atoms with Crippen molar-refractivity contribution in [3.63, 3.8) is 0 Å². The van der Waals surface area contributed by atoms with Crippen LogP contribution in [0.4, 0.5) is 13.2 Å². The Balaban J connectivity index is 2.21. The van der Waals surface area contributed by atoms with Crippen LogP contribution in [0.25, 0.3) is 10.9 Å². The van der Waals surface area contributed by atoms with Crippen LogP contribution in [0.3, 0.4) is 0 Å². The molecule has 3 aromatic rings. The predicted octanol–water partition coefficient (Wildman–Crippen LogP) is 4.92. The fourth-order valence-corrected chi connectivity index (χ4v) is 3.25. The number of nitrogens with zero attached hydrogens (tertiary/aromatic N) is 4. The van der Waals surface area contributed by atoms with Gasteiger partial charge in [0, 0.05) is 12.4 Å². The lowest BCUT2D eigenvalue weighted by molar-refractivity contribution is -0.138. The Hall–Kier alpha value is -2.41. The van der Waals surface area contributed by atoms with Crippen LogP contribution in [-0.4, -0.2) is 14.5 Å². The predicted molar refractivity (Wildman–Crippen MR) is 98.4 cm³/mol. The molecule has 0 saturated heterocycles. The minimum atomic E-state index is -4.40. The molecule has 0 spiro atoms. The molecule has 0 aliphatic heterocycles. The highest BCUT2D eigenvalue weighted by Gasteiger charge is 2.33. The number of pyridine rings is 1. The Labute approximate surface area is 159 Å². The van der Waals surface area contributed by atoms with Crippen LogP contribution in [-0.2, 0) is 13.2 Å². The summed E-state index contributed by atoms with van der Waals surface area (Å²) < 4.78 is 41.5. The van der Waals surface area contributed by atoms with Crippen LogP contribution in [0.2, 0.25) is 5.15 Å². The fraction of sp³-hybridized carbons (Fsp3) is 0.316. The van der Waals surface area contributed by atoms with Crippen molar-refractivity contribution < 1.29 is 13.2 Å². The van der Waals surface area contributed by atoms with Gasteiger partial charge < -0.3 is 4.57 Å². The van der Waals surface area contributed by atoms with Gasteiger partial charge in [-0.25, -0.2) is 9.97 Å².